The monoisotopic (exact) mass is 471 g/mol. The molecule has 3 fully saturated rings. The average molecular weight is 472 g/mol. The predicted octanol–water partition coefficient (Wildman–Crippen LogP) is 4.59. The third-order valence-electron chi connectivity index (χ3n) is 9.71. The quantitative estimate of drug-likeness (QED) is 0.586. The van der Waals surface area contributed by atoms with Gasteiger partial charge in [-0.3, -0.25) is 0 Å². The molecule has 3 heterocycles. The lowest BCUT2D eigenvalue weighted by Crippen LogP contribution is -2.51. The van der Waals surface area contributed by atoms with Crippen LogP contribution in [0.15, 0.2) is 0 Å². The Bertz CT molecular complexity index is 634. The molecule has 0 aromatic rings. The normalized spacial score (nSPS) is 54.1. The van der Waals surface area contributed by atoms with E-state index >= 15 is 0 Å². The average Bonchev–Trinajstić information content (AvgIpc) is 2.82. The van der Waals surface area contributed by atoms with Gasteiger partial charge in [0.1, 0.15) is 0 Å². The summed E-state index contributed by atoms with van der Waals surface area (Å²) in [5, 5.41) is 9.73. The Kier molecular flexibility index (Phi) is 9.13. The van der Waals surface area contributed by atoms with E-state index in [-0.39, 0.29) is 55.3 Å². The summed E-state index contributed by atoms with van der Waals surface area (Å²) in [5.74, 6) is 2.89. The number of aliphatic hydroxyl groups excluding tert-OH is 1. The SMILES string of the molecule is [2H]C1OC(CO[C@@H]2OC(CO[C@@H]3OC(CO)[C@H](C)[C@H](C)C3C)[C@H](C)[C@H](C)C2C)[C@H](C)[C@H](C)C1C. The summed E-state index contributed by atoms with van der Waals surface area (Å²) in [4.78, 5) is 0. The zero-order valence-electron chi connectivity index (χ0n) is 23.3. The minimum absolute atomic E-state index is 0.0110. The number of aliphatic hydroxyl groups is 1. The molecule has 1 N–H and O–H groups in total. The van der Waals surface area contributed by atoms with Crippen LogP contribution in [0, 0.1) is 53.3 Å². The highest BCUT2D eigenvalue weighted by Crippen LogP contribution is 2.39. The Morgan fingerprint density at radius 1 is 0.636 bits per heavy atom. The molecule has 6 nitrogen and oxygen atoms in total. The lowest BCUT2D eigenvalue weighted by atomic mass is 9.78. The summed E-state index contributed by atoms with van der Waals surface area (Å²) in [5.41, 5.74) is 0. The van der Waals surface area contributed by atoms with Gasteiger partial charge in [-0.05, 0) is 41.4 Å². The molecule has 0 amide bonds. The minimum atomic E-state index is -0.505. The standard InChI is InChI=1S/C27H50O6/c1-14-11-29-24(18(5)15(14)2)12-30-27-22(9)17(4)20(7)25(33-27)13-31-26-21(8)16(3)19(6)23(10-28)32-26/h14-28H,10-13H2,1-9H3/t14?,15-,16+,17+,18-,19-,20-,21?,22?,23?,24?,25?,26-,27-/m1/s1/i11D/t11?,14?,15-,16+,17+,18-,19-,20-,21?,22?,23?,24?,25?,26-,27-. The minimum Gasteiger partial charge on any atom is -0.394 e. The zero-order valence-corrected chi connectivity index (χ0v) is 22.3. The Morgan fingerprint density at radius 3 is 1.64 bits per heavy atom. The van der Waals surface area contributed by atoms with Crippen molar-refractivity contribution in [1.29, 1.82) is 0 Å². The molecular formula is C27H50O6. The number of hydrogen-bond donors (Lipinski definition) is 1. The van der Waals surface area contributed by atoms with Crippen LogP contribution in [0.2, 0.25) is 0 Å². The Balaban J connectivity index is 1.58. The highest BCUT2D eigenvalue weighted by molar-refractivity contribution is 4.86. The molecule has 0 aromatic heterocycles. The van der Waals surface area contributed by atoms with Crippen molar-refractivity contribution >= 4 is 0 Å². The van der Waals surface area contributed by atoms with Crippen molar-refractivity contribution < 1.29 is 30.2 Å². The molecule has 6 heteroatoms. The maximum absolute atomic E-state index is 9.73. The maximum Gasteiger partial charge on any atom is 0.160 e. The van der Waals surface area contributed by atoms with E-state index in [0.717, 1.165) is 0 Å². The van der Waals surface area contributed by atoms with Crippen LogP contribution in [0.25, 0.3) is 0 Å². The van der Waals surface area contributed by atoms with Gasteiger partial charge in [-0.1, -0.05) is 62.3 Å². The molecule has 194 valence electrons. The first-order valence-corrected chi connectivity index (χ1v) is 13.2. The van der Waals surface area contributed by atoms with Gasteiger partial charge in [-0.15, -0.1) is 0 Å². The Morgan fingerprint density at radius 2 is 1.09 bits per heavy atom. The van der Waals surface area contributed by atoms with E-state index < -0.39 is 6.58 Å². The van der Waals surface area contributed by atoms with Gasteiger partial charge < -0.3 is 28.8 Å². The van der Waals surface area contributed by atoms with Gasteiger partial charge in [0.05, 0.1) is 39.5 Å². The van der Waals surface area contributed by atoms with E-state index in [1.807, 2.05) is 0 Å². The molecule has 0 spiro atoms. The van der Waals surface area contributed by atoms with Crippen LogP contribution in [-0.4, -0.2) is 62.4 Å². The second-order valence-electron chi connectivity index (χ2n) is 11.5. The zero-order chi connectivity index (χ0) is 25.3. The maximum atomic E-state index is 9.73. The predicted molar refractivity (Wildman–Crippen MR) is 129 cm³/mol. The number of ether oxygens (including phenoxy) is 5. The topological polar surface area (TPSA) is 66.4 Å². The molecule has 0 radical (unpaired) electrons. The molecule has 0 bridgehead atoms. The second-order valence-corrected chi connectivity index (χ2v) is 11.5. The largest absolute Gasteiger partial charge is 0.394 e. The van der Waals surface area contributed by atoms with E-state index in [4.69, 9.17) is 25.1 Å². The van der Waals surface area contributed by atoms with Crippen LogP contribution in [0.1, 0.15) is 63.7 Å². The molecule has 15 atom stereocenters. The van der Waals surface area contributed by atoms with Crippen molar-refractivity contribution in [2.24, 2.45) is 53.3 Å². The van der Waals surface area contributed by atoms with Crippen molar-refractivity contribution in [2.45, 2.75) is 93.2 Å². The van der Waals surface area contributed by atoms with E-state index in [2.05, 4.69) is 62.3 Å². The third kappa shape index (κ3) is 5.95. The number of rotatable bonds is 7. The first kappa shape index (κ1) is 25.8. The van der Waals surface area contributed by atoms with Gasteiger partial charge in [0.2, 0.25) is 0 Å². The summed E-state index contributed by atoms with van der Waals surface area (Å²) < 4.78 is 39.4. The summed E-state index contributed by atoms with van der Waals surface area (Å²) >= 11 is 0. The van der Waals surface area contributed by atoms with E-state index in [0.29, 0.717) is 48.7 Å². The highest BCUT2D eigenvalue weighted by Gasteiger charge is 2.43. The van der Waals surface area contributed by atoms with Crippen LogP contribution in [-0.2, 0) is 23.7 Å². The van der Waals surface area contributed by atoms with Crippen LogP contribution in [0.5, 0.6) is 0 Å². The second kappa shape index (κ2) is 11.7. The highest BCUT2D eigenvalue weighted by atomic mass is 16.7. The van der Waals surface area contributed by atoms with Crippen molar-refractivity contribution in [3.8, 4) is 0 Å². The van der Waals surface area contributed by atoms with Gasteiger partial charge >= 0.3 is 0 Å². The van der Waals surface area contributed by atoms with E-state index in [1.165, 1.54) is 0 Å². The first-order chi connectivity index (χ1) is 16.0. The van der Waals surface area contributed by atoms with Crippen molar-refractivity contribution in [1.82, 2.24) is 0 Å². The lowest BCUT2D eigenvalue weighted by molar-refractivity contribution is -0.296. The fraction of sp³-hybridized carbons (Fsp3) is 1.00. The van der Waals surface area contributed by atoms with E-state index in [9.17, 15) is 5.11 Å². The fourth-order valence-corrected chi connectivity index (χ4v) is 5.61. The third-order valence-corrected chi connectivity index (χ3v) is 9.71. The van der Waals surface area contributed by atoms with Crippen molar-refractivity contribution in [3.05, 3.63) is 0 Å². The Labute approximate surface area is 203 Å². The molecular weight excluding hydrogens is 420 g/mol. The van der Waals surface area contributed by atoms with Crippen LogP contribution < -0.4 is 0 Å². The van der Waals surface area contributed by atoms with Gasteiger partial charge in [0.15, 0.2) is 12.6 Å². The summed E-state index contributed by atoms with van der Waals surface area (Å²) in [7, 11) is 0. The van der Waals surface area contributed by atoms with Crippen LogP contribution in [0.3, 0.4) is 0 Å². The van der Waals surface area contributed by atoms with Crippen LogP contribution in [0.4, 0.5) is 0 Å². The molecule has 3 rings (SSSR count). The van der Waals surface area contributed by atoms with Gasteiger partial charge in [0.25, 0.3) is 0 Å². The van der Waals surface area contributed by atoms with Crippen LogP contribution >= 0.6 is 0 Å². The molecule has 7 unspecified atom stereocenters. The van der Waals surface area contributed by atoms with Gasteiger partial charge in [-0.25, -0.2) is 0 Å². The smallest absolute Gasteiger partial charge is 0.160 e. The molecule has 0 saturated carbocycles. The molecule has 3 saturated heterocycles. The molecule has 3 aliphatic rings. The first-order valence-electron chi connectivity index (χ1n) is 13.8. The summed E-state index contributed by atoms with van der Waals surface area (Å²) in [6.07, 6.45) is -1.06. The lowest BCUT2D eigenvalue weighted by Gasteiger charge is -2.46. The molecule has 3 aliphatic heterocycles. The number of hydrogen-bond acceptors (Lipinski definition) is 6. The summed E-state index contributed by atoms with van der Waals surface area (Å²) in [6.45, 7) is 20.1. The summed E-state index contributed by atoms with van der Waals surface area (Å²) in [6, 6.07) is 0. The van der Waals surface area contributed by atoms with E-state index in [1.54, 1.807) is 0 Å². The Hall–Kier alpha value is -0.240. The van der Waals surface area contributed by atoms with Crippen molar-refractivity contribution in [2.75, 3.05) is 26.4 Å². The molecule has 0 aliphatic carbocycles. The van der Waals surface area contributed by atoms with Gasteiger partial charge in [-0.2, -0.15) is 0 Å². The fourth-order valence-electron chi connectivity index (χ4n) is 5.61. The van der Waals surface area contributed by atoms with Gasteiger partial charge in [0, 0.05) is 18.4 Å². The molecule has 0 aromatic carbocycles. The molecule has 33 heavy (non-hydrogen) atoms. The van der Waals surface area contributed by atoms with Crippen molar-refractivity contribution in [3.63, 3.8) is 0 Å².